The van der Waals surface area contributed by atoms with Crippen LogP contribution in [0, 0.1) is 24.1 Å². The van der Waals surface area contributed by atoms with Gasteiger partial charge < -0.3 is 34.6 Å². The van der Waals surface area contributed by atoms with Crippen molar-refractivity contribution < 1.29 is 23.3 Å². The lowest BCUT2D eigenvalue weighted by molar-refractivity contribution is -0.135. The summed E-state index contributed by atoms with van der Waals surface area (Å²) < 4.78 is 38.2. The van der Waals surface area contributed by atoms with Gasteiger partial charge in [0.25, 0.3) is 0 Å². The number of hydrogen-bond acceptors (Lipinski definition) is 13. The van der Waals surface area contributed by atoms with Gasteiger partial charge in [-0.25, -0.2) is 14.2 Å². The highest BCUT2D eigenvalue weighted by Crippen LogP contribution is 2.46. The third-order valence-electron chi connectivity index (χ3n) is 15.2. The Morgan fingerprint density at radius 1 is 0.943 bits per heavy atom. The molecule has 0 saturated carbocycles. The molecule has 19 heteroatoms. The second-order valence-corrected chi connectivity index (χ2v) is 24.0. The number of likely N-dealkylation sites (tertiary alicyclic amines) is 1. The smallest absolute Gasteiger partial charge is 0.329 e. The van der Waals surface area contributed by atoms with Crippen LogP contribution in [0.15, 0.2) is 64.0 Å². The minimum absolute atomic E-state index is 0.215. The van der Waals surface area contributed by atoms with Gasteiger partial charge in [-0.1, -0.05) is 13.0 Å². The second kappa shape index (κ2) is 18.7. The SMILES string of the molecule is CCc1cc(Nc2ncc(Br)c(Nc3ccc4nc(C)c(F)cc4c3P(C)(C)=O)n2)c(OC)cc1N1CCC2(CCN(CC3CN(c4cccc5c4n(C)c(=O)n5C4CCC(=O)NC4=O)C3)CC2)CC1. The first kappa shape index (κ1) is 47.8. The van der Waals surface area contributed by atoms with E-state index in [2.05, 4.69) is 81.7 Å². The molecule has 0 aliphatic carbocycles. The number of aromatic nitrogens is 5. The standard InChI is InChI=1S/C51H60BrFN11O5P/c1-7-32-23-38(57-49-54-26-34(52)47(59-49)56-37-12-11-36-33(46(37)70(5,6)68)24-35(53)30(2)55-36)43(69-4)25-42(32)62-21-17-51(18-22-62)15-19-61(20-16-51)27-31-28-63(29-31)39-9-8-10-40-45(39)60(3)50(67)64(40)41-13-14-44(65)58-48(41)66/h8-12,23-26,31,41H,7,13-22,27-29H2,1-6H3,(H,58,65,66)(H2,54,56,57,59). The van der Waals surface area contributed by atoms with E-state index in [9.17, 15) is 23.3 Å². The zero-order valence-corrected chi connectivity index (χ0v) is 43.1. The van der Waals surface area contributed by atoms with Crippen molar-refractivity contribution >= 4 is 96.6 Å². The second-order valence-electron chi connectivity index (χ2n) is 20.0. The number of pyridine rings is 1. The highest BCUT2D eigenvalue weighted by molar-refractivity contribution is 9.10. The van der Waals surface area contributed by atoms with Crippen LogP contribution in [0.25, 0.3) is 21.9 Å². The number of anilines is 6. The molecule has 4 saturated heterocycles. The van der Waals surface area contributed by atoms with Crippen LogP contribution in [0.5, 0.6) is 5.75 Å². The van der Waals surface area contributed by atoms with Crippen molar-refractivity contribution in [2.75, 3.05) is 86.7 Å². The topological polar surface area (TPSA) is 172 Å². The Morgan fingerprint density at radius 2 is 1.69 bits per heavy atom. The van der Waals surface area contributed by atoms with Gasteiger partial charge in [0.15, 0.2) is 0 Å². The summed E-state index contributed by atoms with van der Waals surface area (Å²) in [5.74, 6) is 0.831. The quantitative estimate of drug-likeness (QED) is 0.0797. The molecule has 0 bridgehead atoms. The Balaban J connectivity index is 0.760. The summed E-state index contributed by atoms with van der Waals surface area (Å²) in [5.41, 5.74) is 7.17. The lowest BCUT2D eigenvalue weighted by Crippen LogP contribution is -2.54. The number of fused-ring (bicyclic) bond motifs is 2. The first-order valence-electron chi connectivity index (χ1n) is 24.2. The monoisotopic (exact) mass is 1040 g/mol. The Hall–Kier alpha value is -5.84. The number of para-hydroxylation sites is 1. The first-order chi connectivity index (χ1) is 33.5. The van der Waals surface area contributed by atoms with Crippen LogP contribution >= 0.6 is 23.1 Å². The zero-order valence-electron chi connectivity index (χ0n) is 40.6. The normalized spacial score (nSPS) is 18.9. The summed E-state index contributed by atoms with van der Waals surface area (Å²) in [6, 6.07) is 14.5. The Labute approximate surface area is 414 Å². The number of rotatable bonds is 12. The van der Waals surface area contributed by atoms with E-state index >= 15 is 0 Å². The molecule has 4 fully saturated rings. The number of halogens is 2. The van der Waals surface area contributed by atoms with Crippen LogP contribution in [-0.2, 0) is 27.6 Å². The molecular formula is C51H60BrFN11O5P. The molecule has 3 N–H and O–H groups in total. The van der Waals surface area contributed by atoms with E-state index in [0.29, 0.717) is 61.6 Å². The van der Waals surface area contributed by atoms with Crippen LogP contribution in [0.2, 0.25) is 0 Å². The van der Waals surface area contributed by atoms with Crippen molar-refractivity contribution in [2.24, 2.45) is 18.4 Å². The summed E-state index contributed by atoms with van der Waals surface area (Å²) in [5, 5.41) is 10.1. The van der Waals surface area contributed by atoms with Gasteiger partial charge in [0.05, 0.1) is 50.9 Å². The van der Waals surface area contributed by atoms with Crippen molar-refractivity contribution in [2.45, 2.75) is 64.8 Å². The molecule has 70 heavy (non-hydrogen) atoms. The zero-order chi connectivity index (χ0) is 49.2. The number of imidazole rings is 1. The Kier molecular flexibility index (Phi) is 12.8. The van der Waals surface area contributed by atoms with Crippen LogP contribution in [0.1, 0.15) is 62.7 Å². The number of nitrogens with one attached hydrogen (secondary N) is 3. The number of methoxy groups -OCH3 is 1. The maximum Gasteiger partial charge on any atom is 0.329 e. The van der Waals surface area contributed by atoms with Crippen LogP contribution < -0.4 is 41.5 Å². The van der Waals surface area contributed by atoms with Gasteiger partial charge in [0.2, 0.25) is 17.8 Å². The number of piperidine rings is 3. The van der Waals surface area contributed by atoms with Gasteiger partial charge in [-0.2, -0.15) is 4.98 Å². The van der Waals surface area contributed by atoms with Crippen molar-refractivity contribution in [3.05, 3.63) is 86.8 Å². The van der Waals surface area contributed by atoms with Crippen LogP contribution in [-0.4, -0.2) is 107 Å². The first-order valence-corrected chi connectivity index (χ1v) is 27.6. The van der Waals surface area contributed by atoms with E-state index in [-0.39, 0.29) is 23.7 Å². The average Bonchev–Trinajstić information content (AvgIpc) is 3.57. The van der Waals surface area contributed by atoms with Crippen LogP contribution in [0.3, 0.4) is 0 Å². The highest BCUT2D eigenvalue weighted by Gasteiger charge is 2.40. The molecule has 6 aromatic rings. The van der Waals surface area contributed by atoms with Crippen LogP contribution in [0.4, 0.5) is 38.9 Å². The number of aryl methyl sites for hydroxylation is 3. The number of carbonyl (C=O) groups is 2. The average molecular weight is 1040 g/mol. The molecule has 368 valence electrons. The summed E-state index contributed by atoms with van der Waals surface area (Å²) in [6.07, 6.45) is 7.68. The van der Waals surface area contributed by atoms with Gasteiger partial charge in [-0.15, -0.1) is 0 Å². The lowest BCUT2D eigenvalue weighted by Gasteiger charge is -2.49. The van der Waals surface area contributed by atoms with Gasteiger partial charge in [-0.3, -0.25) is 29.0 Å². The fourth-order valence-electron chi connectivity index (χ4n) is 11.3. The largest absolute Gasteiger partial charge is 0.494 e. The highest BCUT2D eigenvalue weighted by atomic mass is 79.9. The van der Waals surface area contributed by atoms with Crippen molar-refractivity contribution in [3.8, 4) is 5.75 Å². The van der Waals surface area contributed by atoms with Gasteiger partial charge in [0.1, 0.15) is 30.6 Å². The molecule has 4 aliphatic rings. The number of carbonyl (C=O) groups excluding carboxylic acids is 2. The Bertz CT molecular complexity index is 3170. The van der Waals surface area contributed by atoms with Crippen molar-refractivity contribution in [1.29, 1.82) is 0 Å². The molecule has 1 atom stereocenters. The molecule has 0 radical (unpaired) electrons. The Morgan fingerprint density at radius 3 is 2.39 bits per heavy atom. The van der Waals surface area contributed by atoms with Crippen molar-refractivity contribution in [1.82, 2.24) is 34.3 Å². The molecular weight excluding hydrogens is 977 g/mol. The number of ether oxygens (including phenoxy) is 1. The molecule has 10 rings (SSSR count). The number of amides is 2. The third-order valence-corrected chi connectivity index (χ3v) is 17.3. The predicted molar refractivity (Wildman–Crippen MR) is 278 cm³/mol. The maximum absolute atomic E-state index is 14.8. The number of hydrogen-bond donors (Lipinski definition) is 3. The predicted octanol–water partition coefficient (Wildman–Crippen LogP) is 7.99. The van der Waals surface area contributed by atoms with E-state index in [1.54, 1.807) is 61.9 Å². The molecule has 7 heterocycles. The summed E-state index contributed by atoms with van der Waals surface area (Å²) >= 11 is 3.59. The molecule has 3 aromatic carbocycles. The van der Waals surface area contributed by atoms with Gasteiger partial charge in [0, 0.05) is 80.8 Å². The van der Waals surface area contributed by atoms with Gasteiger partial charge in [-0.05, 0) is 135 Å². The van der Waals surface area contributed by atoms with E-state index < -0.39 is 24.9 Å². The molecule has 2 amide bonds. The van der Waals surface area contributed by atoms with Crippen molar-refractivity contribution in [3.63, 3.8) is 0 Å². The number of nitrogens with zero attached hydrogens (tertiary/aromatic N) is 8. The van der Waals surface area contributed by atoms with E-state index in [1.165, 1.54) is 30.2 Å². The summed E-state index contributed by atoms with van der Waals surface area (Å²) in [6.45, 7) is 14.1. The maximum atomic E-state index is 14.8. The van der Waals surface area contributed by atoms with E-state index in [4.69, 9.17) is 9.72 Å². The third kappa shape index (κ3) is 8.95. The lowest BCUT2D eigenvalue weighted by atomic mass is 9.71. The molecule has 16 nitrogen and oxygen atoms in total. The molecule has 1 spiro atoms. The fourth-order valence-corrected chi connectivity index (χ4v) is 13.0. The summed E-state index contributed by atoms with van der Waals surface area (Å²) in [4.78, 5) is 59.4. The van der Waals surface area contributed by atoms with E-state index in [0.717, 1.165) is 87.5 Å². The fraction of sp³-hybridized carbons (Fsp3) is 0.451. The number of benzene rings is 3. The summed E-state index contributed by atoms with van der Waals surface area (Å²) in [7, 11) is 0.521. The van der Waals surface area contributed by atoms with Gasteiger partial charge >= 0.3 is 5.69 Å². The molecule has 1 unspecified atom stereocenters. The minimum atomic E-state index is -2.92. The molecule has 4 aliphatic heterocycles. The molecule has 3 aromatic heterocycles. The minimum Gasteiger partial charge on any atom is -0.494 e. The van der Waals surface area contributed by atoms with E-state index in [1.807, 2.05) is 12.1 Å². The number of imide groups is 1.